The van der Waals surface area contributed by atoms with Crippen molar-refractivity contribution in [3.8, 4) is 0 Å². The molecule has 0 aliphatic heterocycles. The van der Waals surface area contributed by atoms with Crippen LogP contribution in [-0.4, -0.2) is 36.1 Å². The van der Waals surface area contributed by atoms with Crippen molar-refractivity contribution in [1.82, 2.24) is 15.2 Å². The molecule has 0 aromatic carbocycles. The minimum Gasteiger partial charge on any atom is -0.315 e. The fraction of sp³-hybridized carbons (Fsp3) is 0.667. The fourth-order valence-electron chi connectivity index (χ4n) is 1.87. The summed E-state index contributed by atoms with van der Waals surface area (Å²) >= 11 is 0. The molecule has 0 saturated heterocycles. The van der Waals surface area contributed by atoms with Crippen LogP contribution in [0.2, 0.25) is 0 Å². The van der Waals surface area contributed by atoms with Crippen molar-refractivity contribution in [3.05, 3.63) is 30.1 Å². The summed E-state index contributed by atoms with van der Waals surface area (Å²) in [6.07, 6.45) is 5.76. The molecule has 102 valence electrons. The van der Waals surface area contributed by atoms with E-state index in [0.29, 0.717) is 6.04 Å². The Bertz CT molecular complexity index is 300. The van der Waals surface area contributed by atoms with Crippen molar-refractivity contribution in [1.29, 1.82) is 0 Å². The Morgan fingerprint density at radius 3 is 2.83 bits per heavy atom. The van der Waals surface area contributed by atoms with E-state index in [2.05, 4.69) is 42.2 Å². The first-order valence-electron chi connectivity index (χ1n) is 7.05. The molecule has 0 saturated carbocycles. The molecule has 1 heterocycles. The van der Waals surface area contributed by atoms with E-state index in [1.54, 1.807) is 0 Å². The van der Waals surface area contributed by atoms with Gasteiger partial charge in [-0.1, -0.05) is 25.8 Å². The largest absolute Gasteiger partial charge is 0.315 e. The van der Waals surface area contributed by atoms with Gasteiger partial charge in [-0.2, -0.15) is 0 Å². The molecule has 3 nitrogen and oxygen atoms in total. The van der Waals surface area contributed by atoms with Gasteiger partial charge in [0.2, 0.25) is 0 Å². The first-order chi connectivity index (χ1) is 8.74. The molecule has 0 aliphatic carbocycles. The number of unbranched alkanes of at least 4 members (excludes halogenated alkanes) is 2. The lowest BCUT2D eigenvalue weighted by Gasteiger charge is -2.24. The van der Waals surface area contributed by atoms with Crippen LogP contribution in [-0.2, 0) is 6.54 Å². The maximum Gasteiger partial charge on any atom is 0.0543 e. The molecule has 1 aromatic heterocycles. The average molecular weight is 249 g/mol. The monoisotopic (exact) mass is 249 g/mol. The lowest BCUT2D eigenvalue weighted by Crippen LogP contribution is -2.37. The molecular formula is C15H27N3. The molecule has 0 spiro atoms. The van der Waals surface area contributed by atoms with Gasteiger partial charge in [0, 0.05) is 25.3 Å². The summed E-state index contributed by atoms with van der Waals surface area (Å²) in [5.74, 6) is 0. The van der Waals surface area contributed by atoms with E-state index in [-0.39, 0.29) is 0 Å². The number of aromatic nitrogens is 1. The molecule has 3 heteroatoms. The second kappa shape index (κ2) is 9.06. The highest BCUT2D eigenvalue weighted by Crippen LogP contribution is 2.02. The van der Waals surface area contributed by atoms with Crippen LogP contribution in [0.4, 0.5) is 0 Å². The molecule has 1 aromatic rings. The molecule has 1 N–H and O–H groups in total. The van der Waals surface area contributed by atoms with Crippen molar-refractivity contribution < 1.29 is 0 Å². The highest BCUT2D eigenvalue weighted by molar-refractivity contribution is 5.03. The lowest BCUT2D eigenvalue weighted by atomic mass is 10.2. The number of nitrogens with zero attached hydrogens (tertiary/aromatic N) is 2. The Balaban J connectivity index is 2.18. The Morgan fingerprint density at radius 2 is 2.17 bits per heavy atom. The van der Waals surface area contributed by atoms with Crippen molar-refractivity contribution in [2.24, 2.45) is 0 Å². The van der Waals surface area contributed by atoms with Crippen LogP contribution in [0.5, 0.6) is 0 Å². The van der Waals surface area contributed by atoms with Crippen LogP contribution in [0, 0.1) is 0 Å². The van der Waals surface area contributed by atoms with E-state index in [4.69, 9.17) is 0 Å². The average Bonchev–Trinajstić information content (AvgIpc) is 2.39. The number of rotatable bonds is 9. The minimum absolute atomic E-state index is 0.536. The van der Waals surface area contributed by atoms with Crippen molar-refractivity contribution >= 4 is 0 Å². The summed E-state index contributed by atoms with van der Waals surface area (Å²) in [6, 6.07) is 6.62. The predicted molar refractivity (Wildman–Crippen MR) is 77.6 cm³/mol. The molecule has 0 aliphatic rings. The van der Waals surface area contributed by atoms with E-state index in [1.807, 2.05) is 18.3 Å². The lowest BCUT2D eigenvalue weighted by molar-refractivity contribution is 0.240. The van der Waals surface area contributed by atoms with Gasteiger partial charge < -0.3 is 5.32 Å². The number of likely N-dealkylation sites (N-methyl/N-ethyl adjacent to an activating group) is 1. The molecule has 0 fully saturated rings. The van der Waals surface area contributed by atoms with Gasteiger partial charge >= 0.3 is 0 Å². The first-order valence-corrected chi connectivity index (χ1v) is 7.05. The quantitative estimate of drug-likeness (QED) is 0.682. The molecule has 0 bridgehead atoms. The summed E-state index contributed by atoms with van der Waals surface area (Å²) in [6.45, 7) is 7.60. The molecule has 18 heavy (non-hydrogen) atoms. The normalized spacial score (nSPS) is 12.9. The third-order valence-electron chi connectivity index (χ3n) is 3.29. The van der Waals surface area contributed by atoms with Gasteiger partial charge in [-0.15, -0.1) is 0 Å². The Kier molecular flexibility index (Phi) is 7.62. The number of hydrogen-bond acceptors (Lipinski definition) is 3. The van der Waals surface area contributed by atoms with Crippen LogP contribution in [0.3, 0.4) is 0 Å². The van der Waals surface area contributed by atoms with Gasteiger partial charge in [-0.05, 0) is 39.1 Å². The van der Waals surface area contributed by atoms with Crippen LogP contribution < -0.4 is 5.32 Å². The Morgan fingerprint density at radius 1 is 1.33 bits per heavy atom. The highest BCUT2D eigenvalue weighted by atomic mass is 15.1. The third-order valence-corrected chi connectivity index (χ3v) is 3.29. The van der Waals surface area contributed by atoms with Crippen molar-refractivity contribution in [3.63, 3.8) is 0 Å². The van der Waals surface area contributed by atoms with E-state index in [9.17, 15) is 0 Å². The van der Waals surface area contributed by atoms with E-state index >= 15 is 0 Å². The molecule has 1 rings (SSSR count). The summed E-state index contributed by atoms with van der Waals surface area (Å²) in [4.78, 5) is 6.70. The van der Waals surface area contributed by atoms with Crippen LogP contribution in [0.15, 0.2) is 24.4 Å². The van der Waals surface area contributed by atoms with Crippen LogP contribution >= 0.6 is 0 Å². The predicted octanol–water partition coefficient (Wildman–Crippen LogP) is 2.68. The zero-order chi connectivity index (χ0) is 13.2. The van der Waals surface area contributed by atoms with Crippen LogP contribution in [0.25, 0.3) is 0 Å². The number of nitrogens with one attached hydrogen (secondary N) is 1. The Hall–Kier alpha value is -0.930. The molecular weight excluding hydrogens is 222 g/mol. The van der Waals surface area contributed by atoms with Gasteiger partial charge in [0.1, 0.15) is 0 Å². The minimum atomic E-state index is 0.536. The molecule has 0 amide bonds. The van der Waals surface area contributed by atoms with Gasteiger partial charge in [-0.25, -0.2) is 0 Å². The van der Waals surface area contributed by atoms with Gasteiger partial charge in [0.25, 0.3) is 0 Å². The second-order valence-corrected chi connectivity index (χ2v) is 5.00. The molecule has 1 atom stereocenters. The first kappa shape index (κ1) is 15.1. The summed E-state index contributed by atoms with van der Waals surface area (Å²) in [7, 11) is 2.16. The van der Waals surface area contributed by atoms with Crippen molar-refractivity contribution in [2.45, 2.75) is 45.7 Å². The number of pyridine rings is 1. The maximum atomic E-state index is 4.36. The maximum absolute atomic E-state index is 4.36. The zero-order valence-electron chi connectivity index (χ0n) is 12.0. The van der Waals surface area contributed by atoms with Gasteiger partial charge in [0.05, 0.1) is 5.69 Å². The van der Waals surface area contributed by atoms with E-state index in [1.165, 1.54) is 19.3 Å². The summed E-state index contributed by atoms with van der Waals surface area (Å²) in [5, 5.41) is 3.52. The second-order valence-electron chi connectivity index (χ2n) is 5.00. The summed E-state index contributed by atoms with van der Waals surface area (Å²) < 4.78 is 0. The smallest absolute Gasteiger partial charge is 0.0543 e. The summed E-state index contributed by atoms with van der Waals surface area (Å²) in [5.41, 5.74) is 1.14. The molecule has 0 radical (unpaired) electrons. The fourth-order valence-corrected chi connectivity index (χ4v) is 1.87. The Labute approximate surface area is 112 Å². The molecule has 1 unspecified atom stereocenters. The van der Waals surface area contributed by atoms with Crippen molar-refractivity contribution in [2.75, 3.05) is 20.1 Å². The standard InChI is InChI=1S/C15H27N3/c1-4-5-7-10-16-12-14(2)18(3)13-15-9-6-8-11-17-15/h6,8-9,11,14,16H,4-5,7,10,12-13H2,1-3H3. The van der Waals surface area contributed by atoms with Crippen LogP contribution in [0.1, 0.15) is 38.8 Å². The van der Waals surface area contributed by atoms with E-state index in [0.717, 1.165) is 25.3 Å². The zero-order valence-corrected chi connectivity index (χ0v) is 12.0. The SMILES string of the molecule is CCCCCNCC(C)N(C)Cc1ccccn1. The highest BCUT2D eigenvalue weighted by Gasteiger charge is 2.09. The number of hydrogen-bond donors (Lipinski definition) is 1. The van der Waals surface area contributed by atoms with Gasteiger partial charge in [0.15, 0.2) is 0 Å². The topological polar surface area (TPSA) is 28.2 Å². The van der Waals surface area contributed by atoms with Gasteiger partial charge in [-0.3, -0.25) is 9.88 Å². The van der Waals surface area contributed by atoms with E-state index < -0.39 is 0 Å². The third kappa shape index (κ3) is 6.12.